The van der Waals surface area contributed by atoms with Crippen LogP contribution in [0, 0.1) is 16.2 Å². The van der Waals surface area contributed by atoms with Crippen LogP contribution >= 0.6 is 0 Å². The van der Waals surface area contributed by atoms with Crippen LogP contribution in [0.2, 0.25) is 39.3 Å². The minimum atomic E-state index is -3.01. The van der Waals surface area contributed by atoms with E-state index in [4.69, 9.17) is 27.5 Å². The third-order valence-electron chi connectivity index (χ3n) is 11.6. The molecule has 0 bridgehead atoms. The van der Waals surface area contributed by atoms with Gasteiger partial charge in [0.2, 0.25) is 0 Å². The van der Waals surface area contributed by atoms with Gasteiger partial charge in [0.05, 0.1) is 0 Å². The maximum atomic E-state index is 6.71. The number of hydrogen-bond acceptors (Lipinski definition) is 6. The van der Waals surface area contributed by atoms with Crippen molar-refractivity contribution in [3.05, 3.63) is 91.4 Å². The summed E-state index contributed by atoms with van der Waals surface area (Å²) >= 11 is -3.01. The molecule has 3 aromatic heterocycles. The molecule has 13 heteroatoms. The number of nitrogens with zero attached hydrogens (tertiary/aromatic N) is 3. The molecule has 0 aliphatic carbocycles. The van der Waals surface area contributed by atoms with E-state index in [1.165, 1.54) is 42.5 Å². The predicted molar refractivity (Wildman–Crippen MR) is 291 cm³/mol. The standard InChI is InChI=1S/3C18H28NO2Si.Bi/c3*1-14(21-22(5)6)20-17(13-18(2,3)4)19-12-11-15-9-7-8-10-16(15)19;/h3*8-12,14,17,22H,13H2,1-6H3;. The summed E-state index contributed by atoms with van der Waals surface area (Å²) in [7, 11) is -3.83. The molecule has 6 unspecified atom stereocenters. The molecule has 6 aromatic rings. The first-order chi connectivity index (χ1) is 31.2. The molecule has 0 spiro atoms. The van der Waals surface area contributed by atoms with Crippen LogP contribution in [0.4, 0.5) is 0 Å². The second-order valence-corrected chi connectivity index (χ2v) is 38.8. The summed E-state index contributed by atoms with van der Waals surface area (Å²) in [6.07, 6.45) is 7.99. The average molecular weight is 1160 g/mol. The number of hydrogen-bond donors (Lipinski definition) is 0. The summed E-state index contributed by atoms with van der Waals surface area (Å²) in [6, 6.07) is 28.5. The molecular formula is C54H84BiN3O6Si3. The Balaban J connectivity index is 1.46. The summed E-state index contributed by atoms with van der Waals surface area (Å²) in [5.74, 6) is 0. The fourth-order valence-corrected chi connectivity index (χ4v) is 20.9. The minimum absolute atomic E-state index is 0.0632. The van der Waals surface area contributed by atoms with Gasteiger partial charge in [-0.2, -0.15) is 0 Å². The average Bonchev–Trinajstić information content (AvgIpc) is 3.91. The van der Waals surface area contributed by atoms with E-state index >= 15 is 0 Å². The van der Waals surface area contributed by atoms with Gasteiger partial charge in [-0.1, -0.05) is 0 Å². The zero-order chi connectivity index (χ0) is 49.2. The Kier molecular flexibility index (Phi) is 18.0. The number of ether oxygens (including phenoxy) is 3. The summed E-state index contributed by atoms with van der Waals surface area (Å²) in [6.45, 7) is 39.9. The Morgan fingerprint density at radius 2 is 0.672 bits per heavy atom. The summed E-state index contributed by atoms with van der Waals surface area (Å²) in [5.41, 5.74) is 3.74. The quantitative estimate of drug-likeness (QED) is 0.0528. The molecule has 0 amide bonds. The Morgan fingerprint density at radius 1 is 0.418 bits per heavy atom. The van der Waals surface area contributed by atoms with Gasteiger partial charge in [-0.25, -0.2) is 0 Å². The third kappa shape index (κ3) is 15.0. The Bertz CT molecular complexity index is 2250. The molecule has 0 fully saturated rings. The number of benzene rings is 3. The zero-order valence-corrected chi connectivity index (χ0v) is 51.2. The number of rotatable bonds is 21. The van der Waals surface area contributed by atoms with E-state index in [2.05, 4.69) is 207 Å². The SMILES string of the molecule is CC(OC(CC(C)(C)C)n1ccc2c[c]([Bi]([c]3ccc4c(ccn4C(CC(C)(C)C)OC(C)O[SiH](C)C)c3)[c]3ccc4c(ccn4C(CC(C)(C)C)OC(C)O[SiH](C)C)c3)ccc21)O[SiH](C)C. The van der Waals surface area contributed by atoms with Gasteiger partial charge in [0.15, 0.2) is 0 Å². The van der Waals surface area contributed by atoms with E-state index in [9.17, 15) is 0 Å². The van der Waals surface area contributed by atoms with Gasteiger partial charge >= 0.3 is 419 Å². The van der Waals surface area contributed by atoms with Crippen molar-refractivity contribution in [3.8, 4) is 0 Å². The van der Waals surface area contributed by atoms with Gasteiger partial charge in [0.25, 0.3) is 0 Å². The molecular weight excluding hydrogens is 1080 g/mol. The molecule has 0 saturated carbocycles. The first-order valence-electron chi connectivity index (χ1n) is 24.8. The summed E-state index contributed by atoms with van der Waals surface area (Å²) in [5, 5.41) is 3.70. The summed E-state index contributed by atoms with van der Waals surface area (Å²) in [4.78, 5) is 0. The van der Waals surface area contributed by atoms with Crippen molar-refractivity contribution < 1.29 is 27.5 Å². The van der Waals surface area contributed by atoms with Crippen LogP contribution in [-0.2, 0) is 27.5 Å². The van der Waals surface area contributed by atoms with E-state index in [1.807, 2.05) is 20.8 Å². The van der Waals surface area contributed by atoms with Crippen molar-refractivity contribution in [2.24, 2.45) is 16.2 Å². The van der Waals surface area contributed by atoms with Crippen LogP contribution in [0.1, 0.15) is 121 Å². The summed E-state index contributed by atoms with van der Waals surface area (Å²) < 4.78 is 50.1. The van der Waals surface area contributed by atoms with Crippen LogP contribution < -0.4 is 9.81 Å². The van der Waals surface area contributed by atoms with Crippen molar-refractivity contribution in [1.29, 1.82) is 0 Å². The van der Waals surface area contributed by atoms with Crippen LogP contribution in [0.15, 0.2) is 91.4 Å². The van der Waals surface area contributed by atoms with Gasteiger partial charge < -0.3 is 0 Å². The molecule has 67 heavy (non-hydrogen) atoms. The molecule has 6 atom stereocenters. The number of aromatic nitrogens is 3. The van der Waals surface area contributed by atoms with Crippen molar-refractivity contribution in [2.45, 2.75) is 179 Å². The van der Waals surface area contributed by atoms with Crippen molar-refractivity contribution in [2.75, 3.05) is 0 Å². The van der Waals surface area contributed by atoms with Gasteiger partial charge in [-0.3, -0.25) is 0 Å². The van der Waals surface area contributed by atoms with Crippen LogP contribution in [0.5, 0.6) is 0 Å². The molecule has 0 aliphatic heterocycles. The van der Waals surface area contributed by atoms with E-state index in [0.717, 1.165) is 19.3 Å². The van der Waals surface area contributed by atoms with Crippen LogP contribution in [0.3, 0.4) is 0 Å². The molecule has 0 N–H and O–H groups in total. The predicted octanol–water partition coefficient (Wildman–Crippen LogP) is 12.0. The molecule has 0 aliphatic rings. The second kappa shape index (κ2) is 22.3. The van der Waals surface area contributed by atoms with Crippen LogP contribution in [0.25, 0.3) is 32.7 Å². The fraction of sp³-hybridized carbons (Fsp3) is 0.556. The van der Waals surface area contributed by atoms with Gasteiger partial charge in [0, 0.05) is 0 Å². The Hall–Kier alpha value is -2.43. The molecule has 3 aromatic carbocycles. The molecule has 6 rings (SSSR count). The molecule has 368 valence electrons. The topological polar surface area (TPSA) is 70.2 Å². The second-order valence-electron chi connectivity index (χ2n) is 23.1. The fourth-order valence-electron chi connectivity index (χ4n) is 9.19. The third-order valence-corrected chi connectivity index (χ3v) is 23.7. The molecule has 9 nitrogen and oxygen atoms in total. The molecule has 0 saturated heterocycles. The molecule has 3 heterocycles. The Labute approximate surface area is 416 Å². The van der Waals surface area contributed by atoms with E-state index in [0.29, 0.717) is 0 Å². The normalized spacial score (nSPS) is 16.0. The van der Waals surface area contributed by atoms with Gasteiger partial charge in [-0.05, 0) is 0 Å². The van der Waals surface area contributed by atoms with Gasteiger partial charge in [0.1, 0.15) is 0 Å². The number of fused-ring (bicyclic) bond motifs is 3. The van der Waals surface area contributed by atoms with Crippen LogP contribution in [-0.4, -0.2) is 81.4 Å². The van der Waals surface area contributed by atoms with Crippen molar-refractivity contribution in [1.82, 2.24) is 13.7 Å². The first kappa shape index (κ1) is 53.9. The molecule has 0 radical (unpaired) electrons. The maximum absolute atomic E-state index is 6.71. The van der Waals surface area contributed by atoms with E-state index in [1.54, 1.807) is 0 Å². The monoisotopic (exact) mass is 1160 g/mol. The van der Waals surface area contributed by atoms with Crippen molar-refractivity contribution >= 4 is 91.4 Å². The first-order valence-corrected chi connectivity index (χ1v) is 38.3. The van der Waals surface area contributed by atoms with E-state index in [-0.39, 0.29) is 53.8 Å². The van der Waals surface area contributed by atoms with Crippen molar-refractivity contribution in [3.63, 3.8) is 0 Å². The van der Waals surface area contributed by atoms with E-state index < -0.39 is 48.9 Å². The Morgan fingerprint density at radius 3 is 0.896 bits per heavy atom. The zero-order valence-electron chi connectivity index (χ0n) is 44.2. The van der Waals surface area contributed by atoms with Gasteiger partial charge in [-0.15, -0.1) is 0 Å².